The Morgan fingerprint density at radius 3 is 1.32 bits per heavy atom. The maximum atomic E-state index is 14.3. The second kappa shape index (κ2) is 10.8. The average molecular weight is 507 g/mol. The van der Waals surface area contributed by atoms with Gasteiger partial charge in [-0.05, 0) is 49.2 Å². The standard InChI is InChI=1S/C32H27O4P/c1-24-16-20-26(21-17-24)29-12-6-8-14-31(29)35-37(33,34-28-10-4-3-5-11-28)36-32-15-9-7-13-30(32)27-22-18-25(2)19-23-27/h3-23H,1-2H3. The molecule has 0 saturated heterocycles. The van der Waals surface area contributed by atoms with Crippen molar-refractivity contribution in [1.29, 1.82) is 0 Å². The maximum absolute atomic E-state index is 14.3. The lowest BCUT2D eigenvalue weighted by Crippen LogP contribution is -2.08. The van der Waals surface area contributed by atoms with Crippen molar-refractivity contribution in [3.8, 4) is 39.5 Å². The first-order valence-corrected chi connectivity index (χ1v) is 13.5. The Morgan fingerprint density at radius 2 is 0.865 bits per heavy atom. The highest BCUT2D eigenvalue weighted by molar-refractivity contribution is 7.49. The van der Waals surface area contributed by atoms with Gasteiger partial charge in [0.15, 0.2) is 0 Å². The van der Waals surface area contributed by atoms with Crippen LogP contribution in [0.15, 0.2) is 127 Å². The molecule has 0 radical (unpaired) electrons. The van der Waals surface area contributed by atoms with Gasteiger partial charge in [0, 0.05) is 11.1 Å². The molecule has 0 aliphatic rings. The van der Waals surface area contributed by atoms with Crippen LogP contribution in [0.3, 0.4) is 0 Å². The molecule has 0 aliphatic heterocycles. The molecule has 5 heteroatoms. The topological polar surface area (TPSA) is 44.8 Å². The molecule has 0 heterocycles. The van der Waals surface area contributed by atoms with E-state index in [1.54, 1.807) is 36.4 Å². The Bertz CT molecular complexity index is 1430. The predicted molar refractivity (Wildman–Crippen MR) is 149 cm³/mol. The van der Waals surface area contributed by atoms with Crippen molar-refractivity contribution in [2.75, 3.05) is 0 Å². The second-order valence-corrected chi connectivity index (χ2v) is 10.2. The summed E-state index contributed by atoms with van der Waals surface area (Å²) in [6, 6.07) is 39.9. The molecule has 5 rings (SSSR count). The molecular formula is C32H27O4P. The van der Waals surface area contributed by atoms with Gasteiger partial charge in [0.25, 0.3) is 0 Å². The van der Waals surface area contributed by atoms with Crippen molar-refractivity contribution in [3.05, 3.63) is 139 Å². The molecule has 0 bridgehead atoms. The van der Waals surface area contributed by atoms with Crippen LogP contribution in [0, 0.1) is 13.8 Å². The zero-order valence-corrected chi connectivity index (χ0v) is 21.6. The van der Waals surface area contributed by atoms with E-state index in [-0.39, 0.29) is 0 Å². The van der Waals surface area contributed by atoms with Crippen LogP contribution in [0.5, 0.6) is 17.2 Å². The summed E-state index contributed by atoms with van der Waals surface area (Å²) in [6.07, 6.45) is 0. The summed E-state index contributed by atoms with van der Waals surface area (Å²) in [5.41, 5.74) is 5.75. The molecule has 0 aliphatic carbocycles. The smallest absolute Gasteiger partial charge is 0.386 e. The molecule has 0 fully saturated rings. The van der Waals surface area contributed by atoms with E-state index >= 15 is 0 Å². The molecule has 5 aromatic carbocycles. The molecule has 0 atom stereocenters. The van der Waals surface area contributed by atoms with E-state index in [0.717, 1.165) is 33.4 Å². The molecule has 5 aromatic rings. The molecule has 0 spiro atoms. The van der Waals surface area contributed by atoms with Crippen LogP contribution in [0.25, 0.3) is 22.3 Å². The van der Waals surface area contributed by atoms with Crippen LogP contribution in [0.2, 0.25) is 0 Å². The van der Waals surface area contributed by atoms with Crippen LogP contribution >= 0.6 is 7.82 Å². The number of hydrogen-bond donors (Lipinski definition) is 0. The van der Waals surface area contributed by atoms with Crippen LogP contribution < -0.4 is 13.6 Å². The maximum Gasteiger partial charge on any atom is 0.647 e. The number of hydrogen-bond acceptors (Lipinski definition) is 4. The van der Waals surface area contributed by atoms with Crippen LogP contribution in [-0.2, 0) is 4.57 Å². The monoisotopic (exact) mass is 506 g/mol. The summed E-state index contributed by atoms with van der Waals surface area (Å²) in [5.74, 6) is 1.18. The van der Waals surface area contributed by atoms with Gasteiger partial charge in [-0.25, -0.2) is 0 Å². The number of rotatable bonds is 8. The molecule has 0 N–H and O–H groups in total. The van der Waals surface area contributed by atoms with Gasteiger partial charge >= 0.3 is 7.82 Å². The van der Waals surface area contributed by atoms with Crippen molar-refractivity contribution in [2.24, 2.45) is 0 Å². The van der Waals surface area contributed by atoms with Crippen molar-refractivity contribution < 1.29 is 18.1 Å². The minimum Gasteiger partial charge on any atom is -0.386 e. The molecule has 0 saturated carbocycles. The summed E-state index contributed by atoms with van der Waals surface area (Å²) in [7, 11) is -4.20. The average Bonchev–Trinajstić information content (AvgIpc) is 2.91. The lowest BCUT2D eigenvalue weighted by atomic mass is 10.0. The lowest BCUT2D eigenvalue weighted by Gasteiger charge is -2.22. The lowest BCUT2D eigenvalue weighted by molar-refractivity contribution is 0.299. The molecule has 0 aromatic heterocycles. The number of phosphoric acid groups is 1. The van der Waals surface area contributed by atoms with E-state index in [2.05, 4.69) is 0 Å². The first-order valence-electron chi connectivity index (χ1n) is 12.1. The van der Waals surface area contributed by atoms with Crippen LogP contribution in [0.4, 0.5) is 0 Å². The van der Waals surface area contributed by atoms with E-state index in [4.69, 9.17) is 13.6 Å². The highest BCUT2D eigenvalue weighted by Gasteiger charge is 2.35. The highest BCUT2D eigenvalue weighted by Crippen LogP contribution is 2.53. The van der Waals surface area contributed by atoms with Gasteiger partial charge in [0.2, 0.25) is 0 Å². The highest BCUT2D eigenvalue weighted by atomic mass is 31.2. The zero-order valence-electron chi connectivity index (χ0n) is 20.7. The van der Waals surface area contributed by atoms with E-state index in [9.17, 15) is 4.57 Å². The summed E-state index contributed by atoms with van der Waals surface area (Å²) in [6.45, 7) is 4.07. The Kier molecular flexibility index (Phi) is 7.11. The molecule has 37 heavy (non-hydrogen) atoms. The Hall–Kier alpha value is -4.27. The fourth-order valence-corrected chi connectivity index (χ4v) is 5.23. The van der Waals surface area contributed by atoms with Crippen molar-refractivity contribution in [1.82, 2.24) is 0 Å². The van der Waals surface area contributed by atoms with Gasteiger partial charge in [-0.2, -0.15) is 4.57 Å². The summed E-state index contributed by atoms with van der Waals surface area (Å²) in [5, 5.41) is 0. The normalized spacial score (nSPS) is 11.1. The van der Waals surface area contributed by atoms with E-state index < -0.39 is 7.82 Å². The minimum atomic E-state index is -4.20. The van der Waals surface area contributed by atoms with E-state index in [1.165, 1.54) is 0 Å². The van der Waals surface area contributed by atoms with Gasteiger partial charge in [-0.1, -0.05) is 114 Å². The molecule has 0 amide bonds. The zero-order chi connectivity index (χ0) is 25.7. The number of benzene rings is 5. The summed E-state index contributed by atoms with van der Waals surface area (Å²) >= 11 is 0. The van der Waals surface area contributed by atoms with Gasteiger partial charge in [0.05, 0.1) is 0 Å². The van der Waals surface area contributed by atoms with Crippen molar-refractivity contribution in [3.63, 3.8) is 0 Å². The van der Waals surface area contributed by atoms with Crippen molar-refractivity contribution >= 4 is 7.82 Å². The predicted octanol–water partition coefficient (Wildman–Crippen LogP) is 9.28. The fraction of sp³-hybridized carbons (Fsp3) is 0.0625. The molecular weight excluding hydrogens is 479 g/mol. The second-order valence-electron chi connectivity index (χ2n) is 8.76. The quantitative estimate of drug-likeness (QED) is 0.197. The third-order valence-corrected chi connectivity index (χ3v) is 7.16. The Balaban J connectivity index is 1.55. The van der Waals surface area contributed by atoms with E-state index in [0.29, 0.717) is 17.2 Å². The first kappa shape index (κ1) is 24.4. The number of aryl methyl sites for hydroxylation is 2. The largest absolute Gasteiger partial charge is 0.647 e. The van der Waals surface area contributed by atoms with Crippen LogP contribution in [-0.4, -0.2) is 0 Å². The molecule has 4 nitrogen and oxygen atoms in total. The Morgan fingerprint density at radius 1 is 0.459 bits per heavy atom. The van der Waals surface area contributed by atoms with Crippen LogP contribution in [0.1, 0.15) is 11.1 Å². The van der Waals surface area contributed by atoms with Gasteiger partial charge in [0.1, 0.15) is 17.2 Å². The molecule has 0 unspecified atom stereocenters. The minimum absolute atomic E-state index is 0.381. The molecule has 184 valence electrons. The van der Waals surface area contributed by atoms with E-state index in [1.807, 2.05) is 105 Å². The third kappa shape index (κ3) is 5.94. The van der Waals surface area contributed by atoms with Gasteiger partial charge in [-0.3, -0.25) is 0 Å². The fourth-order valence-electron chi connectivity index (χ4n) is 3.94. The summed E-state index contributed by atoms with van der Waals surface area (Å²) in [4.78, 5) is 0. The number of phosphoric ester groups is 1. The third-order valence-electron chi connectivity index (χ3n) is 5.88. The first-order chi connectivity index (χ1) is 18.0. The summed E-state index contributed by atoms with van der Waals surface area (Å²) < 4.78 is 32.6. The SMILES string of the molecule is Cc1ccc(-c2ccccc2OP(=O)(Oc2ccccc2)Oc2ccccc2-c2ccc(C)cc2)cc1. The van der Waals surface area contributed by atoms with Gasteiger partial charge < -0.3 is 13.6 Å². The number of para-hydroxylation sites is 3. The Labute approximate surface area is 217 Å². The van der Waals surface area contributed by atoms with Gasteiger partial charge in [-0.15, -0.1) is 0 Å². The van der Waals surface area contributed by atoms with Crippen molar-refractivity contribution in [2.45, 2.75) is 13.8 Å².